The lowest BCUT2D eigenvalue weighted by Gasteiger charge is -2.49. The van der Waals surface area contributed by atoms with Crippen LogP contribution in [0.3, 0.4) is 0 Å². The first kappa shape index (κ1) is 29.6. The largest absolute Gasteiger partial charge is 0.462 e. The number of rotatable bonds is 9. The van der Waals surface area contributed by atoms with Crippen LogP contribution in [0.4, 0.5) is 4.79 Å². The van der Waals surface area contributed by atoms with E-state index in [4.69, 9.17) is 28.4 Å². The molecule has 0 aromatic rings. The number of nitrogens with one attached hydrogen (secondary N) is 1. The van der Waals surface area contributed by atoms with Crippen molar-refractivity contribution in [3.63, 3.8) is 0 Å². The Hall–Kier alpha value is -2.48. The molecular formula is C21H35NO12. The average molecular weight is 494 g/mol. The zero-order chi connectivity index (χ0) is 26.3. The van der Waals surface area contributed by atoms with Crippen LogP contribution in [0.2, 0.25) is 0 Å². The van der Waals surface area contributed by atoms with Crippen LogP contribution < -0.4 is 5.32 Å². The smallest absolute Gasteiger partial charge is 0.408 e. The van der Waals surface area contributed by atoms with Crippen LogP contribution in [0.5, 0.6) is 0 Å². The van der Waals surface area contributed by atoms with Gasteiger partial charge in [-0.05, 0) is 20.8 Å². The third kappa shape index (κ3) is 8.70. The van der Waals surface area contributed by atoms with Crippen molar-refractivity contribution in [2.24, 2.45) is 0 Å². The summed E-state index contributed by atoms with van der Waals surface area (Å²) in [6.45, 7) is 7.05. The van der Waals surface area contributed by atoms with Gasteiger partial charge in [-0.25, -0.2) is 4.79 Å². The summed E-state index contributed by atoms with van der Waals surface area (Å²) in [4.78, 5) is 47.2. The van der Waals surface area contributed by atoms with Crippen LogP contribution >= 0.6 is 0 Å². The summed E-state index contributed by atoms with van der Waals surface area (Å²) >= 11 is 0. The lowest BCUT2D eigenvalue weighted by atomic mass is 9.80. The van der Waals surface area contributed by atoms with Gasteiger partial charge in [0.1, 0.15) is 17.8 Å². The minimum atomic E-state index is -2.21. The quantitative estimate of drug-likeness (QED) is 0.285. The van der Waals surface area contributed by atoms with Crippen molar-refractivity contribution in [1.29, 1.82) is 0 Å². The Balaban J connectivity index is 3.37. The maximum absolute atomic E-state index is 12.3. The number of esters is 3. The molecule has 0 aromatic heterocycles. The Morgan fingerprint density at radius 2 is 1.74 bits per heavy atom. The number of hydrogen-bond acceptors (Lipinski definition) is 12. The highest BCUT2D eigenvalue weighted by molar-refractivity contribution is 5.68. The van der Waals surface area contributed by atoms with Gasteiger partial charge in [0.25, 0.3) is 0 Å². The van der Waals surface area contributed by atoms with Gasteiger partial charge in [0.2, 0.25) is 0 Å². The zero-order valence-electron chi connectivity index (χ0n) is 20.5. The number of alkyl carbamates (subject to hydrolysis) is 1. The molecule has 13 nitrogen and oxygen atoms in total. The molecule has 0 unspecified atom stereocenters. The molecule has 1 amide bonds. The van der Waals surface area contributed by atoms with Gasteiger partial charge in [-0.1, -0.05) is 0 Å². The number of aliphatic hydroxyl groups excluding tert-OH is 1. The van der Waals surface area contributed by atoms with Gasteiger partial charge in [-0.2, -0.15) is 0 Å². The van der Waals surface area contributed by atoms with Gasteiger partial charge in [-0.3, -0.25) is 14.4 Å². The number of hydrogen-bond donors (Lipinski definition) is 3. The molecule has 1 fully saturated rings. The Morgan fingerprint density at radius 3 is 2.18 bits per heavy atom. The Labute approximate surface area is 197 Å². The van der Waals surface area contributed by atoms with Crippen molar-refractivity contribution < 1.29 is 57.8 Å². The standard InChI is InChI=1S/C21H35NO12/c1-11(24)30-10-16(31-12(2)25)21(28)8-15(33-18(29-7)17(21)32-13(3)26)14(9-23)22-19(27)34-20(4,5)6/h14-18,23,28H,8-10H2,1-7H3,(H,22,27)/t14-,15-,16-,17-,18-,21+/m0/s1. The van der Waals surface area contributed by atoms with Gasteiger partial charge >= 0.3 is 24.0 Å². The van der Waals surface area contributed by atoms with E-state index in [2.05, 4.69) is 5.32 Å². The summed E-state index contributed by atoms with van der Waals surface area (Å²) in [5.74, 6) is -2.32. The number of amides is 1. The normalized spacial score (nSPS) is 26.6. The lowest BCUT2D eigenvalue weighted by Crippen LogP contribution is -2.68. The fourth-order valence-corrected chi connectivity index (χ4v) is 3.42. The van der Waals surface area contributed by atoms with Crippen LogP contribution in [0, 0.1) is 0 Å². The molecule has 1 aliphatic rings. The van der Waals surface area contributed by atoms with Gasteiger partial charge < -0.3 is 44.0 Å². The summed E-state index contributed by atoms with van der Waals surface area (Å²) in [5, 5.41) is 24.1. The fourth-order valence-electron chi connectivity index (χ4n) is 3.42. The fraction of sp³-hybridized carbons (Fsp3) is 0.810. The van der Waals surface area contributed by atoms with E-state index in [1.54, 1.807) is 20.8 Å². The molecule has 6 atom stereocenters. The number of carbonyl (C=O) groups is 4. The molecule has 1 saturated heterocycles. The second-order valence-corrected chi connectivity index (χ2v) is 8.84. The van der Waals surface area contributed by atoms with Gasteiger partial charge in [-0.15, -0.1) is 0 Å². The molecule has 3 N–H and O–H groups in total. The van der Waals surface area contributed by atoms with E-state index in [1.807, 2.05) is 0 Å². The van der Waals surface area contributed by atoms with E-state index in [0.29, 0.717) is 0 Å². The van der Waals surface area contributed by atoms with Crippen LogP contribution in [-0.2, 0) is 42.8 Å². The van der Waals surface area contributed by atoms with E-state index < -0.39 is 85.5 Å². The third-order valence-electron chi connectivity index (χ3n) is 4.75. The topological polar surface area (TPSA) is 176 Å². The minimum absolute atomic E-state index is 0.426. The van der Waals surface area contributed by atoms with Crippen LogP contribution in [0.1, 0.15) is 48.0 Å². The molecule has 34 heavy (non-hydrogen) atoms. The summed E-state index contributed by atoms with van der Waals surface area (Å²) in [6, 6.07) is -1.11. The molecule has 0 saturated carbocycles. The third-order valence-corrected chi connectivity index (χ3v) is 4.75. The molecule has 0 aromatic carbocycles. The molecule has 0 aliphatic carbocycles. The number of carbonyl (C=O) groups excluding carboxylic acids is 4. The predicted octanol–water partition coefficient (Wildman–Crippen LogP) is -0.209. The van der Waals surface area contributed by atoms with E-state index in [1.165, 1.54) is 7.11 Å². The minimum Gasteiger partial charge on any atom is -0.462 e. The van der Waals surface area contributed by atoms with Crippen LogP contribution in [0.15, 0.2) is 0 Å². The van der Waals surface area contributed by atoms with E-state index >= 15 is 0 Å². The summed E-state index contributed by atoms with van der Waals surface area (Å²) in [7, 11) is 1.21. The lowest BCUT2D eigenvalue weighted by molar-refractivity contribution is -0.315. The van der Waals surface area contributed by atoms with Gasteiger partial charge in [0.05, 0.1) is 18.8 Å². The van der Waals surface area contributed by atoms with Crippen molar-refractivity contribution in [1.82, 2.24) is 5.32 Å². The second-order valence-electron chi connectivity index (χ2n) is 8.84. The Morgan fingerprint density at radius 1 is 1.12 bits per heavy atom. The molecule has 1 rings (SSSR count). The maximum atomic E-state index is 12.3. The van der Waals surface area contributed by atoms with Gasteiger partial charge in [0, 0.05) is 34.3 Å². The molecule has 1 heterocycles. The van der Waals surface area contributed by atoms with Crippen molar-refractivity contribution in [3.05, 3.63) is 0 Å². The SMILES string of the molecule is CO[C@H]1O[C@H]([C@H](CO)NC(=O)OC(C)(C)C)C[C@@](O)([C@H](COC(C)=O)OC(C)=O)[C@H]1OC(C)=O. The van der Waals surface area contributed by atoms with Crippen molar-refractivity contribution in [3.8, 4) is 0 Å². The highest BCUT2D eigenvalue weighted by atomic mass is 16.7. The Bertz CT molecular complexity index is 736. The molecule has 0 radical (unpaired) electrons. The molecule has 196 valence electrons. The molecular weight excluding hydrogens is 458 g/mol. The first-order valence-electron chi connectivity index (χ1n) is 10.6. The van der Waals surface area contributed by atoms with Crippen LogP contribution in [0.25, 0.3) is 0 Å². The first-order chi connectivity index (χ1) is 15.6. The number of ether oxygens (including phenoxy) is 6. The summed E-state index contributed by atoms with van der Waals surface area (Å²) in [5.41, 5.74) is -3.03. The van der Waals surface area contributed by atoms with Crippen molar-refractivity contribution >= 4 is 24.0 Å². The Kier molecular flexibility index (Phi) is 10.7. The first-order valence-corrected chi connectivity index (χ1v) is 10.6. The molecule has 13 heteroatoms. The van der Waals surface area contributed by atoms with Gasteiger partial charge in [0.15, 0.2) is 18.5 Å². The van der Waals surface area contributed by atoms with Crippen LogP contribution in [-0.4, -0.2) is 96.4 Å². The maximum Gasteiger partial charge on any atom is 0.408 e. The number of methoxy groups -OCH3 is 1. The average Bonchev–Trinajstić information content (AvgIpc) is 2.68. The van der Waals surface area contributed by atoms with E-state index in [0.717, 1.165) is 20.8 Å². The summed E-state index contributed by atoms with van der Waals surface area (Å²) < 4.78 is 31.6. The molecule has 0 bridgehead atoms. The highest BCUT2D eigenvalue weighted by Crippen LogP contribution is 2.37. The highest BCUT2D eigenvalue weighted by Gasteiger charge is 2.58. The second kappa shape index (κ2) is 12.3. The monoisotopic (exact) mass is 493 g/mol. The van der Waals surface area contributed by atoms with E-state index in [9.17, 15) is 29.4 Å². The summed E-state index contributed by atoms with van der Waals surface area (Å²) in [6.07, 6.45) is -6.85. The number of aliphatic hydroxyl groups is 2. The predicted molar refractivity (Wildman–Crippen MR) is 113 cm³/mol. The van der Waals surface area contributed by atoms with Crippen molar-refractivity contribution in [2.45, 2.75) is 89.8 Å². The van der Waals surface area contributed by atoms with E-state index in [-0.39, 0.29) is 0 Å². The zero-order valence-corrected chi connectivity index (χ0v) is 20.5. The molecule has 1 aliphatic heterocycles. The van der Waals surface area contributed by atoms with Crippen molar-refractivity contribution in [2.75, 3.05) is 20.3 Å². The molecule has 0 spiro atoms.